The minimum Gasteiger partial charge on any atom is -0.205 e. The first kappa shape index (κ1) is 9.41. The highest BCUT2D eigenvalue weighted by Crippen LogP contribution is 2.25. The van der Waals surface area contributed by atoms with Gasteiger partial charge in [0.05, 0.1) is 5.02 Å². The molecular formula is C6H3ClF2O2S. The average Bonchev–Trinajstić information content (AvgIpc) is 1.82. The Balaban J connectivity index is 3.53. The van der Waals surface area contributed by atoms with Crippen LogP contribution in [0, 0.1) is 5.82 Å². The monoisotopic (exact) mass is 212 g/mol. The summed E-state index contributed by atoms with van der Waals surface area (Å²) in [5.41, 5.74) is 0. The molecule has 0 amide bonds. The van der Waals surface area contributed by atoms with E-state index in [1.165, 1.54) is 6.07 Å². The molecule has 0 fully saturated rings. The van der Waals surface area contributed by atoms with Crippen LogP contribution in [0.2, 0.25) is 5.02 Å². The summed E-state index contributed by atoms with van der Waals surface area (Å²) >= 11 is 5.25. The zero-order valence-electron chi connectivity index (χ0n) is 5.59. The Labute approximate surface area is 73.0 Å². The molecule has 1 aromatic carbocycles. The fraction of sp³-hybridized carbons (Fsp3) is 0. The topological polar surface area (TPSA) is 34.1 Å². The summed E-state index contributed by atoms with van der Waals surface area (Å²) in [6.45, 7) is 0. The number of benzene rings is 1. The molecule has 0 aliphatic heterocycles. The molecule has 0 spiro atoms. The molecule has 0 aliphatic carbocycles. The van der Waals surface area contributed by atoms with Gasteiger partial charge in [-0.1, -0.05) is 17.7 Å². The Kier molecular flexibility index (Phi) is 2.34. The molecule has 0 saturated carbocycles. The Bertz CT molecular complexity index is 382. The lowest BCUT2D eigenvalue weighted by Gasteiger charge is -1.98. The summed E-state index contributed by atoms with van der Waals surface area (Å²) in [4.78, 5) is -1.10. The molecule has 2 nitrogen and oxygen atoms in total. The average molecular weight is 213 g/mol. The van der Waals surface area contributed by atoms with Crippen molar-refractivity contribution >= 4 is 21.8 Å². The van der Waals surface area contributed by atoms with E-state index in [9.17, 15) is 16.7 Å². The summed E-state index contributed by atoms with van der Waals surface area (Å²) in [5.74, 6) is -1.19. The lowest BCUT2D eigenvalue weighted by molar-refractivity contribution is 0.533. The van der Waals surface area contributed by atoms with Crippen LogP contribution in [-0.4, -0.2) is 8.42 Å². The van der Waals surface area contributed by atoms with E-state index < -0.39 is 26.0 Å². The predicted octanol–water partition coefficient (Wildman–Crippen LogP) is 2.14. The molecule has 0 N–H and O–H groups in total. The van der Waals surface area contributed by atoms with Crippen LogP contribution in [0.3, 0.4) is 0 Å². The fourth-order valence-electron chi connectivity index (χ4n) is 0.715. The SMILES string of the molecule is O=S(=O)(F)c1c(F)cccc1Cl. The van der Waals surface area contributed by atoms with Crippen LogP contribution in [0.25, 0.3) is 0 Å². The minimum atomic E-state index is -5.07. The van der Waals surface area contributed by atoms with Gasteiger partial charge in [0, 0.05) is 0 Å². The van der Waals surface area contributed by atoms with E-state index in [2.05, 4.69) is 0 Å². The van der Waals surface area contributed by atoms with Crippen LogP contribution in [0.15, 0.2) is 23.1 Å². The molecule has 1 rings (SSSR count). The maximum Gasteiger partial charge on any atom is 0.336 e. The minimum absolute atomic E-state index is 0.461. The number of hydrogen-bond acceptors (Lipinski definition) is 2. The van der Waals surface area contributed by atoms with E-state index >= 15 is 0 Å². The quantitative estimate of drug-likeness (QED) is 0.669. The van der Waals surface area contributed by atoms with Crippen molar-refractivity contribution in [3.63, 3.8) is 0 Å². The number of halogens is 3. The van der Waals surface area contributed by atoms with Crippen molar-refractivity contribution in [1.29, 1.82) is 0 Å². The van der Waals surface area contributed by atoms with Crippen molar-refractivity contribution in [2.45, 2.75) is 4.90 Å². The van der Waals surface area contributed by atoms with Gasteiger partial charge in [-0.25, -0.2) is 4.39 Å². The van der Waals surface area contributed by atoms with Crippen LogP contribution < -0.4 is 0 Å². The smallest absolute Gasteiger partial charge is 0.205 e. The van der Waals surface area contributed by atoms with Crippen LogP contribution in [0.4, 0.5) is 8.28 Å². The normalized spacial score (nSPS) is 11.6. The zero-order valence-corrected chi connectivity index (χ0v) is 7.16. The van der Waals surface area contributed by atoms with Gasteiger partial charge in [0.1, 0.15) is 5.82 Å². The van der Waals surface area contributed by atoms with Gasteiger partial charge in [0.2, 0.25) is 0 Å². The summed E-state index contributed by atoms with van der Waals surface area (Å²) in [5, 5.41) is -0.461. The third-order valence-electron chi connectivity index (χ3n) is 1.16. The van der Waals surface area contributed by atoms with E-state index in [1.54, 1.807) is 0 Å². The Hall–Kier alpha value is -0.680. The highest BCUT2D eigenvalue weighted by atomic mass is 35.5. The first-order chi connectivity index (χ1) is 5.43. The summed E-state index contributed by atoms with van der Waals surface area (Å²) in [6.07, 6.45) is 0. The van der Waals surface area contributed by atoms with Crippen molar-refractivity contribution in [3.05, 3.63) is 29.0 Å². The molecule has 12 heavy (non-hydrogen) atoms. The van der Waals surface area contributed by atoms with Crippen molar-refractivity contribution in [1.82, 2.24) is 0 Å². The molecule has 0 bridgehead atoms. The Morgan fingerprint density at radius 2 is 1.92 bits per heavy atom. The lowest BCUT2D eigenvalue weighted by Crippen LogP contribution is -1.96. The molecule has 0 saturated heterocycles. The van der Waals surface area contributed by atoms with Crippen molar-refractivity contribution in [2.24, 2.45) is 0 Å². The standard InChI is InChI=1S/C6H3ClF2O2S/c7-4-2-1-3-5(8)6(4)12(9,10)11/h1-3H. The summed E-state index contributed by atoms with van der Waals surface area (Å²) < 4.78 is 45.5. The molecule has 0 radical (unpaired) electrons. The molecule has 0 aliphatic rings. The second-order valence-corrected chi connectivity index (χ2v) is 3.68. The third-order valence-corrected chi connectivity index (χ3v) is 2.49. The van der Waals surface area contributed by atoms with Gasteiger partial charge in [-0.05, 0) is 12.1 Å². The molecule has 0 unspecified atom stereocenters. The maximum absolute atomic E-state index is 12.6. The van der Waals surface area contributed by atoms with Crippen LogP contribution >= 0.6 is 11.6 Å². The highest BCUT2D eigenvalue weighted by molar-refractivity contribution is 7.86. The maximum atomic E-state index is 12.6. The molecule has 6 heteroatoms. The first-order valence-electron chi connectivity index (χ1n) is 2.81. The van der Waals surface area contributed by atoms with E-state index in [-0.39, 0.29) is 0 Å². The largest absolute Gasteiger partial charge is 0.336 e. The van der Waals surface area contributed by atoms with Gasteiger partial charge in [0.15, 0.2) is 4.90 Å². The predicted molar refractivity (Wildman–Crippen MR) is 39.7 cm³/mol. The molecule has 0 atom stereocenters. The van der Waals surface area contributed by atoms with E-state index in [1.807, 2.05) is 0 Å². The Morgan fingerprint density at radius 3 is 2.25 bits per heavy atom. The third kappa shape index (κ3) is 1.73. The second-order valence-electron chi connectivity index (χ2n) is 1.99. The molecule has 0 heterocycles. The van der Waals surface area contributed by atoms with Gasteiger partial charge in [-0.2, -0.15) is 8.42 Å². The highest BCUT2D eigenvalue weighted by Gasteiger charge is 2.21. The van der Waals surface area contributed by atoms with Gasteiger partial charge < -0.3 is 0 Å². The van der Waals surface area contributed by atoms with Crippen LogP contribution in [0.5, 0.6) is 0 Å². The molecular weight excluding hydrogens is 210 g/mol. The number of hydrogen-bond donors (Lipinski definition) is 0. The van der Waals surface area contributed by atoms with Crippen molar-refractivity contribution in [3.8, 4) is 0 Å². The molecule has 0 aromatic heterocycles. The van der Waals surface area contributed by atoms with Crippen molar-refractivity contribution in [2.75, 3.05) is 0 Å². The van der Waals surface area contributed by atoms with E-state index in [0.29, 0.717) is 0 Å². The second kappa shape index (κ2) is 2.99. The molecule has 66 valence electrons. The van der Waals surface area contributed by atoms with Crippen LogP contribution in [-0.2, 0) is 10.2 Å². The fourth-order valence-corrected chi connectivity index (χ4v) is 1.76. The summed E-state index contributed by atoms with van der Waals surface area (Å²) in [7, 11) is -5.07. The van der Waals surface area contributed by atoms with Crippen molar-refractivity contribution < 1.29 is 16.7 Å². The zero-order chi connectivity index (χ0) is 9.35. The van der Waals surface area contributed by atoms with Crippen LogP contribution in [0.1, 0.15) is 0 Å². The Morgan fingerprint density at radius 1 is 1.33 bits per heavy atom. The van der Waals surface area contributed by atoms with Gasteiger partial charge in [-0.3, -0.25) is 0 Å². The van der Waals surface area contributed by atoms with E-state index in [4.69, 9.17) is 11.6 Å². The van der Waals surface area contributed by atoms with Gasteiger partial charge in [-0.15, -0.1) is 3.89 Å². The van der Waals surface area contributed by atoms with E-state index in [0.717, 1.165) is 12.1 Å². The van der Waals surface area contributed by atoms with Gasteiger partial charge >= 0.3 is 10.2 Å². The van der Waals surface area contributed by atoms with Gasteiger partial charge in [0.25, 0.3) is 0 Å². The summed E-state index contributed by atoms with van der Waals surface area (Å²) in [6, 6.07) is 3.10. The first-order valence-corrected chi connectivity index (χ1v) is 4.58. The molecule has 1 aromatic rings. The number of rotatable bonds is 1. The lowest BCUT2D eigenvalue weighted by atomic mass is 10.3.